The Hall–Kier alpha value is -2.60. The molecule has 9 N–H and O–H groups in total. The molecule has 1 aliphatic rings. The van der Waals surface area contributed by atoms with Crippen LogP contribution in [-0.4, -0.2) is 87.1 Å². The number of H-pyrrole nitrogens is 1. The van der Waals surface area contributed by atoms with Crippen LogP contribution in [0.25, 0.3) is 0 Å². The van der Waals surface area contributed by atoms with E-state index in [1.165, 1.54) is 6.92 Å². The Morgan fingerprint density at radius 2 is 1.76 bits per heavy atom. The molecule has 15 nitrogen and oxygen atoms in total. The van der Waals surface area contributed by atoms with Crippen LogP contribution >= 0.6 is 24.8 Å². The lowest BCUT2D eigenvalue weighted by atomic mass is 10.0. The van der Waals surface area contributed by atoms with Crippen LogP contribution in [0.2, 0.25) is 0 Å². The van der Waals surface area contributed by atoms with Crippen LogP contribution in [-0.2, 0) is 23.9 Å². The molecule has 0 radical (unpaired) electrons. The molecule has 1 aromatic heterocycles. The van der Waals surface area contributed by atoms with Crippen LogP contribution in [0.1, 0.15) is 46.3 Å². The largest absolute Gasteiger partial charge is 0.461 e. The highest BCUT2D eigenvalue weighted by Gasteiger charge is 2.45. The lowest BCUT2D eigenvalue weighted by Gasteiger charge is -2.25. The number of nitrogens with two attached hydrogens (primary N) is 2. The van der Waals surface area contributed by atoms with E-state index in [0.29, 0.717) is 36.6 Å². The van der Waals surface area contributed by atoms with Gasteiger partial charge in [-0.25, -0.2) is 9.59 Å². The number of aromatic amines is 1. The Labute approximate surface area is 247 Å². The number of aromatic nitrogens is 2. The molecule has 1 saturated heterocycles. The first-order valence-electron chi connectivity index (χ1n) is 12.5. The van der Waals surface area contributed by atoms with Crippen molar-refractivity contribution in [3.05, 3.63) is 32.9 Å². The molecule has 2 amide bonds. The van der Waals surface area contributed by atoms with E-state index in [4.69, 9.17) is 20.9 Å². The van der Waals surface area contributed by atoms with E-state index in [1.54, 1.807) is 18.8 Å². The summed E-state index contributed by atoms with van der Waals surface area (Å²) < 4.78 is 24.6. The Morgan fingerprint density at radius 3 is 2.34 bits per heavy atom. The van der Waals surface area contributed by atoms with Gasteiger partial charge in [-0.2, -0.15) is 4.39 Å². The van der Waals surface area contributed by atoms with Crippen molar-refractivity contribution in [2.24, 2.45) is 17.4 Å². The van der Waals surface area contributed by atoms with Crippen molar-refractivity contribution in [1.82, 2.24) is 20.2 Å². The van der Waals surface area contributed by atoms with Gasteiger partial charge in [0.25, 0.3) is 5.56 Å². The average molecular weight is 634 g/mol. The number of unbranched alkanes of at least 4 members (excludes halogenated alkanes) is 1. The first-order valence-corrected chi connectivity index (χ1v) is 12.5. The highest BCUT2D eigenvalue weighted by molar-refractivity contribution is 5.92. The number of aliphatic hydroxyl groups excluding tert-OH is 2. The molecule has 0 spiro atoms. The number of esters is 1. The molecule has 2 rings (SSSR count). The SMILES string of the molecule is CC(C)[C@H](NC(=O)[C@@H](N)CCCCN)C(=O)N[C@@H](C)C(=O)OC[C@H]1O[C@@H](n2cc(F)c(=O)[nH]c2=O)[C@H](O)[C@@H]1O.Cl.Cl. The summed E-state index contributed by atoms with van der Waals surface area (Å²) >= 11 is 0. The molecule has 1 aliphatic heterocycles. The zero-order valence-electron chi connectivity index (χ0n) is 22.8. The summed E-state index contributed by atoms with van der Waals surface area (Å²) in [4.78, 5) is 62.6. The Morgan fingerprint density at radius 1 is 1.12 bits per heavy atom. The molecule has 41 heavy (non-hydrogen) atoms. The van der Waals surface area contributed by atoms with Crippen molar-refractivity contribution >= 4 is 42.6 Å². The van der Waals surface area contributed by atoms with Gasteiger partial charge in [-0.05, 0) is 32.2 Å². The summed E-state index contributed by atoms with van der Waals surface area (Å²) in [6.45, 7) is 4.63. The van der Waals surface area contributed by atoms with Gasteiger partial charge in [-0.3, -0.25) is 23.9 Å². The fraction of sp³-hybridized carbons (Fsp3) is 0.696. The number of carbonyl (C=O) groups excluding carboxylic acids is 3. The monoisotopic (exact) mass is 632 g/mol. The normalized spacial score (nSPS) is 22.1. The summed E-state index contributed by atoms with van der Waals surface area (Å²) in [7, 11) is 0. The maximum Gasteiger partial charge on any atom is 0.330 e. The lowest BCUT2D eigenvalue weighted by molar-refractivity contribution is -0.153. The number of nitrogens with one attached hydrogen (secondary N) is 3. The van der Waals surface area contributed by atoms with Crippen LogP contribution in [0.15, 0.2) is 15.8 Å². The second kappa shape index (κ2) is 17.4. The van der Waals surface area contributed by atoms with Crippen LogP contribution in [0.3, 0.4) is 0 Å². The molecule has 2 heterocycles. The van der Waals surface area contributed by atoms with E-state index in [2.05, 4.69) is 10.6 Å². The second-order valence-electron chi connectivity index (χ2n) is 9.67. The van der Waals surface area contributed by atoms with Crippen molar-refractivity contribution in [1.29, 1.82) is 0 Å². The summed E-state index contributed by atoms with van der Waals surface area (Å²) in [5, 5.41) is 25.5. The van der Waals surface area contributed by atoms with Crippen molar-refractivity contribution < 1.29 is 38.5 Å². The summed E-state index contributed by atoms with van der Waals surface area (Å²) in [6.07, 6.45) is -3.96. The van der Waals surface area contributed by atoms with Gasteiger partial charge < -0.3 is 41.8 Å². The van der Waals surface area contributed by atoms with E-state index < -0.39 is 84.1 Å². The number of hydrogen-bond donors (Lipinski definition) is 7. The van der Waals surface area contributed by atoms with Gasteiger partial charge in [0.1, 0.15) is 37.0 Å². The van der Waals surface area contributed by atoms with E-state index in [1.807, 2.05) is 0 Å². The minimum absolute atomic E-state index is 0. The standard InChI is InChI=1S/C23H37FN6O9.2ClH/c1-10(2)15(28-19(34)13(26)6-4-5-7-25)20(35)27-11(3)22(36)38-9-14-16(31)17(32)21(39-14)30-8-12(24)18(33)29-23(30)37;;/h8,10-11,13-17,21,31-32H,4-7,9,25-26H2,1-3H3,(H,27,35)(H,28,34)(H,29,33,37);2*1H/t11-,13-,14+,15-,16+,17+,21+;;/m0../s1. The van der Waals surface area contributed by atoms with Crippen molar-refractivity contribution in [3.8, 4) is 0 Å². The summed E-state index contributed by atoms with van der Waals surface area (Å²) in [5.74, 6) is -3.74. The predicted molar refractivity (Wildman–Crippen MR) is 148 cm³/mol. The third kappa shape index (κ3) is 10.3. The van der Waals surface area contributed by atoms with Gasteiger partial charge >= 0.3 is 11.7 Å². The van der Waals surface area contributed by atoms with E-state index >= 15 is 0 Å². The number of amides is 2. The number of hydrogen-bond acceptors (Lipinski definition) is 11. The van der Waals surface area contributed by atoms with Crippen LogP contribution in [0, 0.1) is 11.7 Å². The van der Waals surface area contributed by atoms with Gasteiger partial charge in [0.15, 0.2) is 6.23 Å². The molecule has 0 saturated carbocycles. The molecule has 1 aromatic rings. The number of rotatable bonds is 13. The summed E-state index contributed by atoms with van der Waals surface area (Å²) in [6, 6.07) is -2.99. The van der Waals surface area contributed by atoms with Crippen LogP contribution in [0.5, 0.6) is 0 Å². The molecule has 0 bridgehead atoms. The Bertz CT molecular complexity index is 1140. The molecule has 0 aliphatic carbocycles. The predicted octanol–water partition coefficient (Wildman–Crippen LogP) is -2.22. The third-order valence-corrected chi connectivity index (χ3v) is 6.19. The minimum Gasteiger partial charge on any atom is -0.461 e. The van der Waals surface area contributed by atoms with Gasteiger partial charge in [-0.1, -0.05) is 20.3 Å². The fourth-order valence-corrected chi connectivity index (χ4v) is 3.83. The van der Waals surface area contributed by atoms with E-state index in [0.717, 1.165) is 0 Å². The molecular weight excluding hydrogens is 594 g/mol. The topological polar surface area (TPSA) is 241 Å². The smallest absolute Gasteiger partial charge is 0.330 e. The lowest BCUT2D eigenvalue weighted by Crippen LogP contribution is -2.56. The molecule has 0 aromatic carbocycles. The average Bonchev–Trinajstić information content (AvgIpc) is 3.15. The van der Waals surface area contributed by atoms with Crippen molar-refractivity contribution in [2.45, 2.75) is 82.7 Å². The first-order chi connectivity index (χ1) is 18.3. The maximum absolute atomic E-state index is 13.6. The number of aliphatic hydroxyl groups is 2. The first kappa shape index (κ1) is 38.4. The van der Waals surface area contributed by atoms with Gasteiger partial charge in [0.05, 0.1) is 12.2 Å². The Kier molecular flexibility index (Phi) is 16.3. The van der Waals surface area contributed by atoms with Gasteiger partial charge in [0.2, 0.25) is 17.6 Å². The highest BCUT2D eigenvalue weighted by Crippen LogP contribution is 2.28. The van der Waals surface area contributed by atoms with Crippen molar-refractivity contribution in [2.75, 3.05) is 13.2 Å². The molecule has 0 unspecified atom stereocenters. The zero-order chi connectivity index (χ0) is 29.4. The maximum atomic E-state index is 13.6. The number of halogens is 3. The second-order valence-corrected chi connectivity index (χ2v) is 9.67. The third-order valence-electron chi connectivity index (χ3n) is 6.19. The molecule has 236 valence electrons. The molecule has 1 fully saturated rings. The highest BCUT2D eigenvalue weighted by atomic mass is 35.5. The summed E-state index contributed by atoms with van der Waals surface area (Å²) in [5.41, 5.74) is 8.97. The van der Waals surface area contributed by atoms with Crippen molar-refractivity contribution in [3.63, 3.8) is 0 Å². The number of ether oxygens (including phenoxy) is 2. The quantitative estimate of drug-likeness (QED) is 0.0907. The molecular formula is C23H39Cl2FN6O9. The van der Waals surface area contributed by atoms with Gasteiger partial charge in [0, 0.05) is 0 Å². The fourth-order valence-electron chi connectivity index (χ4n) is 3.83. The molecule has 7 atom stereocenters. The van der Waals surface area contributed by atoms with Crippen LogP contribution < -0.4 is 33.3 Å². The number of nitrogens with zero attached hydrogens (tertiary/aromatic N) is 1. The van der Waals surface area contributed by atoms with E-state index in [9.17, 15) is 38.6 Å². The van der Waals surface area contributed by atoms with Crippen LogP contribution in [0.4, 0.5) is 4.39 Å². The Balaban J connectivity index is 0.00000800. The number of carbonyl (C=O) groups is 3. The van der Waals surface area contributed by atoms with E-state index in [-0.39, 0.29) is 30.7 Å². The molecule has 18 heteroatoms. The zero-order valence-corrected chi connectivity index (χ0v) is 24.4. The minimum atomic E-state index is -1.72. The van der Waals surface area contributed by atoms with Gasteiger partial charge in [-0.15, -0.1) is 24.8 Å².